The van der Waals surface area contributed by atoms with Gasteiger partial charge in [0.2, 0.25) is 5.95 Å². The summed E-state index contributed by atoms with van der Waals surface area (Å²) in [4.78, 5) is 25.9. The second-order valence-electron chi connectivity index (χ2n) is 4.36. The zero-order valence-corrected chi connectivity index (χ0v) is 9.60. The molecule has 0 aliphatic heterocycles. The first-order chi connectivity index (χ1) is 8.58. The molecule has 1 aromatic rings. The molecule has 2 unspecified atom stereocenters. The Kier molecular flexibility index (Phi) is 3.55. The van der Waals surface area contributed by atoms with E-state index in [-0.39, 0.29) is 11.6 Å². The molecule has 96 valence electrons. The first kappa shape index (κ1) is 12.5. The van der Waals surface area contributed by atoms with E-state index in [1.54, 1.807) is 0 Å². The van der Waals surface area contributed by atoms with Gasteiger partial charge in [0, 0.05) is 12.2 Å². The Morgan fingerprint density at radius 3 is 2.83 bits per heavy atom. The van der Waals surface area contributed by atoms with Crippen molar-refractivity contribution in [3.63, 3.8) is 0 Å². The number of rotatable bonds is 3. The van der Waals surface area contributed by atoms with Crippen LogP contribution in [0, 0.1) is 11.9 Å². The number of carbonyl (C=O) groups excluding carboxylic acids is 1. The van der Waals surface area contributed by atoms with Gasteiger partial charge in [0.05, 0.1) is 11.5 Å². The van der Waals surface area contributed by atoms with E-state index in [0.717, 1.165) is 0 Å². The number of carboxylic acids is 1. The van der Waals surface area contributed by atoms with Gasteiger partial charge in [-0.25, -0.2) is 4.98 Å². The van der Waals surface area contributed by atoms with E-state index in [2.05, 4.69) is 10.3 Å². The van der Waals surface area contributed by atoms with Crippen LogP contribution in [0.25, 0.3) is 0 Å². The van der Waals surface area contributed by atoms with E-state index >= 15 is 0 Å². The van der Waals surface area contributed by atoms with Crippen molar-refractivity contribution in [2.75, 3.05) is 0 Å². The highest BCUT2D eigenvalue weighted by Crippen LogP contribution is 2.25. The number of hydrogen-bond acceptors (Lipinski definition) is 3. The highest BCUT2D eigenvalue weighted by atomic mass is 19.1. The van der Waals surface area contributed by atoms with Crippen molar-refractivity contribution in [2.45, 2.75) is 25.3 Å². The lowest BCUT2D eigenvalue weighted by Gasteiger charge is -2.12. The lowest BCUT2D eigenvalue weighted by Crippen LogP contribution is -2.34. The number of nitrogens with one attached hydrogen (secondary N) is 1. The molecule has 6 heteroatoms. The minimum Gasteiger partial charge on any atom is -0.481 e. The van der Waals surface area contributed by atoms with Crippen molar-refractivity contribution < 1.29 is 19.1 Å². The summed E-state index contributed by atoms with van der Waals surface area (Å²) in [5, 5.41) is 11.5. The summed E-state index contributed by atoms with van der Waals surface area (Å²) in [6.07, 6.45) is 2.80. The molecule has 2 atom stereocenters. The number of amides is 1. The van der Waals surface area contributed by atoms with Crippen molar-refractivity contribution in [3.05, 3.63) is 29.8 Å². The van der Waals surface area contributed by atoms with Gasteiger partial charge in [0.1, 0.15) is 0 Å². The number of halogens is 1. The van der Waals surface area contributed by atoms with Crippen LogP contribution in [0.2, 0.25) is 0 Å². The lowest BCUT2D eigenvalue weighted by atomic mass is 10.1. The third-order valence-electron chi connectivity index (χ3n) is 3.12. The normalized spacial score (nSPS) is 22.7. The lowest BCUT2D eigenvalue weighted by molar-refractivity contribution is -0.141. The quantitative estimate of drug-likeness (QED) is 0.792. The van der Waals surface area contributed by atoms with Gasteiger partial charge in [0.25, 0.3) is 5.91 Å². The fourth-order valence-electron chi connectivity index (χ4n) is 2.16. The molecule has 0 aromatic carbocycles. The van der Waals surface area contributed by atoms with E-state index in [9.17, 15) is 14.0 Å². The van der Waals surface area contributed by atoms with E-state index < -0.39 is 23.7 Å². The third-order valence-corrected chi connectivity index (χ3v) is 3.12. The van der Waals surface area contributed by atoms with Gasteiger partial charge < -0.3 is 10.4 Å². The van der Waals surface area contributed by atoms with Crippen LogP contribution in [0.4, 0.5) is 4.39 Å². The maximum absolute atomic E-state index is 13.3. The van der Waals surface area contributed by atoms with Gasteiger partial charge in [-0.15, -0.1) is 0 Å². The Hall–Kier alpha value is -1.98. The summed E-state index contributed by atoms with van der Waals surface area (Å²) in [7, 11) is 0. The van der Waals surface area contributed by atoms with Crippen LogP contribution in [0.15, 0.2) is 18.3 Å². The van der Waals surface area contributed by atoms with Crippen LogP contribution >= 0.6 is 0 Å². The van der Waals surface area contributed by atoms with Gasteiger partial charge in [-0.2, -0.15) is 4.39 Å². The molecule has 1 amide bonds. The first-order valence-corrected chi connectivity index (χ1v) is 5.72. The van der Waals surface area contributed by atoms with Crippen LogP contribution in [0.1, 0.15) is 29.6 Å². The topological polar surface area (TPSA) is 79.3 Å². The van der Waals surface area contributed by atoms with Crippen LogP contribution < -0.4 is 5.32 Å². The largest absolute Gasteiger partial charge is 0.481 e. The molecule has 18 heavy (non-hydrogen) atoms. The number of nitrogens with zero attached hydrogens (tertiary/aromatic N) is 1. The first-order valence-electron chi connectivity index (χ1n) is 5.72. The Bertz CT molecular complexity index is 478. The Morgan fingerprint density at radius 2 is 2.22 bits per heavy atom. The number of hydrogen-bond donors (Lipinski definition) is 2. The van der Waals surface area contributed by atoms with E-state index in [1.807, 2.05) is 0 Å². The van der Waals surface area contributed by atoms with Crippen molar-refractivity contribution in [1.82, 2.24) is 10.3 Å². The van der Waals surface area contributed by atoms with Gasteiger partial charge >= 0.3 is 5.97 Å². The predicted molar refractivity (Wildman–Crippen MR) is 60.4 cm³/mol. The standard InChI is InChI=1S/C12H13FN2O3/c13-10-9(2-1-5-14-10)11(16)15-8-4-3-7(6-8)12(17)18/h1-2,5,7-8H,3-4,6H2,(H,15,16)(H,17,18). The van der Waals surface area contributed by atoms with Crippen molar-refractivity contribution >= 4 is 11.9 Å². The Balaban J connectivity index is 1.97. The van der Waals surface area contributed by atoms with Crippen molar-refractivity contribution in [3.8, 4) is 0 Å². The molecule has 0 saturated heterocycles. The third kappa shape index (κ3) is 2.64. The molecular weight excluding hydrogens is 239 g/mol. The van der Waals surface area contributed by atoms with Crippen molar-refractivity contribution in [2.24, 2.45) is 5.92 Å². The summed E-state index contributed by atoms with van der Waals surface area (Å²) in [5.74, 6) is -2.63. The van der Waals surface area contributed by atoms with Gasteiger partial charge in [-0.3, -0.25) is 9.59 Å². The maximum atomic E-state index is 13.3. The van der Waals surface area contributed by atoms with Crippen LogP contribution in [-0.4, -0.2) is 28.0 Å². The Morgan fingerprint density at radius 1 is 1.44 bits per heavy atom. The zero-order chi connectivity index (χ0) is 13.1. The fourth-order valence-corrected chi connectivity index (χ4v) is 2.16. The molecule has 1 heterocycles. The number of pyridine rings is 1. The summed E-state index contributed by atoms with van der Waals surface area (Å²) in [6.45, 7) is 0. The van der Waals surface area contributed by atoms with Gasteiger partial charge in [-0.05, 0) is 31.4 Å². The van der Waals surface area contributed by atoms with Crippen LogP contribution in [-0.2, 0) is 4.79 Å². The molecule has 0 spiro atoms. The minimum absolute atomic E-state index is 0.115. The monoisotopic (exact) mass is 252 g/mol. The number of carboxylic acid groups (broad SMARTS) is 1. The van der Waals surface area contributed by atoms with Crippen LogP contribution in [0.3, 0.4) is 0 Å². The summed E-state index contributed by atoms with van der Waals surface area (Å²) in [6, 6.07) is 2.62. The summed E-state index contributed by atoms with van der Waals surface area (Å²) in [5.41, 5.74) is -0.115. The van der Waals surface area contributed by atoms with E-state index in [0.29, 0.717) is 19.3 Å². The molecule has 5 nitrogen and oxygen atoms in total. The molecule has 1 saturated carbocycles. The molecule has 0 bridgehead atoms. The minimum atomic E-state index is -0.848. The molecule has 1 fully saturated rings. The predicted octanol–water partition coefficient (Wildman–Crippen LogP) is 1.20. The molecule has 1 aromatic heterocycles. The van der Waals surface area contributed by atoms with Crippen molar-refractivity contribution in [1.29, 1.82) is 0 Å². The average molecular weight is 252 g/mol. The number of aliphatic carboxylic acids is 1. The fraction of sp³-hybridized carbons (Fsp3) is 0.417. The molecule has 1 aliphatic carbocycles. The number of carbonyl (C=O) groups is 2. The second kappa shape index (κ2) is 5.12. The SMILES string of the molecule is O=C(NC1CCC(C(=O)O)C1)c1cccnc1F. The molecule has 0 radical (unpaired) electrons. The van der Waals surface area contributed by atoms with E-state index in [1.165, 1.54) is 18.3 Å². The molecule has 2 rings (SSSR count). The van der Waals surface area contributed by atoms with E-state index in [4.69, 9.17) is 5.11 Å². The molecule has 2 N–H and O–H groups in total. The second-order valence-corrected chi connectivity index (χ2v) is 4.36. The Labute approximate surface area is 103 Å². The molecule has 1 aliphatic rings. The van der Waals surface area contributed by atoms with Crippen LogP contribution in [0.5, 0.6) is 0 Å². The number of aromatic nitrogens is 1. The smallest absolute Gasteiger partial charge is 0.306 e. The van der Waals surface area contributed by atoms with Gasteiger partial charge in [0.15, 0.2) is 0 Å². The highest BCUT2D eigenvalue weighted by molar-refractivity contribution is 5.94. The zero-order valence-electron chi connectivity index (χ0n) is 9.60. The molecular formula is C12H13FN2O3. The summed E-state index contributed by atoms with van der Waals surface area (Å²) >= 11 is 0. The highest BCUT2D eigenvalue weighted by Gasteiger charge is 2.31. The average Bonchev–Trinajstić information content (AvgIpc) is 2.78. The van der Waals surface area contributed by atoms with Gasteiger partial charge in [-0.1, -0.05) is 0 Å². The maximum Gasteiger partial charge on any atom is 0.306 e. The summed E-state index contributed by atoms with van der Waals surface area (Å²) < 4.78 is 13.3.